The lowest BCUT2D eigenvalue weighted by atomic mass is 10.0. The highest BCUT2D eigenvalue weighted by atomic mass is 19.1. The zero-order chi connectivity index (χ0) is 21.4. The van der Waals surface area contributed by atoms with Crippen LogP contribution in [-0.4, -0.2) is 36.7 Å². The molecular formula is C23H18FN5O2. The molecule has 0 saturated carbocycles. The first-order chi connectivity index (χ1) is 15.1. The number of nitrogens with zero attached hydrogens (tertiary/aromatic N) is 5. The van der Waals surface area contributed by atoms with Crippen molar-refractivity contribution in [3.05, 3.63) is 106 Å². The summed E-state index contributed by atoms with van der Waals surface area (Å²) in [7, 11) is 0. The second-order valence-corrected chi connectivity index (χ2v) is 7.37. The topological polar surface area (TPSA) is 73.0 Å². The Labute approximate surface area is 177 Å². The van der Waals surface area contributed by atoms with Crippen LogP contribution in [0.25, 0.3) is 11.4 Å². The molecule has 2 aromatic heterocycles. The smallest absolute Gasteiger partial charge is 0.256 e. The quantitative estimate of drug-likeness (QED) is 0.516. The molecule has 0 aliphatic carbocycles. The number of pyridine rings is 1. The van der Waals surface area contributed by atoms with Crippen LogP contribution in [0.1, 0.15) is 21.5 Å². The van der Waals surface area contributed by atoms with Gasteiger partial charge in [-0.15, -0.1) is 10.2 Å². The highest BCUT2D eigenvalue weighted by Crippen LogP contribution is 2.23. The number of hydrogen-bond donors (Lipinski definition) is 0. The molecule has 0 spiro atoms. The number of fused-ring (bicyclic) bond motifs is 1. The molecule has 0 fully saturated rings. The van der Waals surface area contributed by atoms with Crippen molar-refractivity contribution in [1.29, 1.82) is 0 Å². The van der Waals surface area contributed by atoms with Gasteiger partial charge in [0, 0.05) is 31.0 Å². The molecule has 154 valence electrons. The van der Waals surface area contributed by atoms with Crippen molar-refractivity contribution < 1.29 is 9.18 Å². The fourth-order valence-corrected chi connectivity index (χ4v) is 3.88. The van der Waals surface area contributed by atoms with E-state index in [9.17, 15) is 14.0 Å². The van der Waals surface area contributed by atoms with Crippen LogP contribution in [0, 0.1) is 5.82 Å². The number of carbonyl (C=O) groups excluding carboxylic acids is 1. The zero-order valence-corrected chi connectivity index (χ0v) is 16.5. The maximum Gasteiger partial charge on any atom is 0.256 e. The van der Waals surface area contributed by atoms with Gasteiger partial charge in [0.05, 0.1) is 11.3 Å². The fourth-order valence-electron chi connectivity index (χ4n) is 3.88. The third-order valence-corrected chi connectivity index (χ3v) is 5.47. The van der Waals surface area contributed by atoms with Crippen LogP contribution in [-0.2, 0) is 13.0 Å². The van der Waals surface area contributed by atoms with E-state index in [0.717, 1.165) is 11.1 Å². The van der Waals surface area contributed by atoms with Crippen molar-refractivity contribution in [1.82, 2.24) is 24.2 Å². The third-order valence-electron chi connectivity index (χ3n) is 5.47. The Balaban J connectivity index is 1.47. The van der Waals surface area contributed by atoms with Crippen LogP contribution in [0.4, 0.5) is 4.39 Å². The summed E-state index contributed by atoms with van der Waals surface area (Å²) in [5, 5.41) is 7.65. The van der Waals surface area contributed by atoms with Gasteiger partial charge in [0.25, 0.3) is 11.5 Å². The Morgan fingerprint density at radius 2 is 1.71 bits per heavy atom. The van der Waals surface area contributed by atoms with Crippen molar-refractivity contribution >= 4 is 5.91 Å². The first-order valence-corrected chi connectivity index (χ1v) is 9.84. The SMILES string of the molecule is O=C(c1ccccc1-n1cnnc1)N1CCc2cc(=O)n(-c3ccc(F)cc3)cc2C1. The first-order valence-electron chi connectivity index (χ1n) is 9.84. The van der Waals surface area contributed by atoms with Crippen LogP contribution in [0.15, 0.2) is 78.2 Å². The van der Waals surface area contributed by atoms with Gasteiger partial charge in [0.2, 0.25) is 0 Å². The van der Waals surface area contributed by atoms with Crippen LogP contribution < -0.4 is 5.56 Å². The maximum atomic E-state index is 13.3. The third kappa shape index (κ3) is 3.52. The number of rotatable bonds is 3. The summed E-state index contributed by atoms with van der Waals surface area (Å²) in [5.74, 6) is -0.465. The fraction of sp³-hybridized carbons (Fsp3) is 0.130. The van der Waals surface area contributed by atoms with E-state index < -0.39 is 0 Å². The largest absolute Gasteiger partial charge is 0.334 e. The molecule has 0 radical (unpaired) electrons. The molecule has 1 aliphatic heterocycles. The minimum atomic E-state index is -0.363. The molecule has 3 heterocycles. The number of benzene rings is 2. The van der Waals surface area contributed by atoms with Gasteiger partial charge in [-0.25, -0.2) is 4.39 Å². The summed E-state index contributed by atoms with van der Waals surface area (Å²) in [6.45, 7) is 0.897. The first kappa shape index (κ1) is 18.9. The predicted molar refractivity (Wildman–Crippen MR) is 112 cm³/mol. The molecule has 1 amide bonds. The monoisotopic (exact) mass is 415 g/mol. The van der Waals surface area contributed by atoms with Crippen LogP contribution in [0.3, 0.4) is 0 Å². The van der Waals surface area contributed by atoms with E-state index in [2.05, 4.69) is 10.2 Å². The molecule has 0 bridgehead atoms. The standard InChI is InChI=1S/C23H18FN5O2/c24-18-5-7-19(8-6-18)29-13-17-12-27(10-9-16(17)11-22(29)30)23(31)20-3-1-2-4-21(20)28-14-25-26-15-28/h1-8,11,13-15H,9-10,12H2. The summed E-state index contributed by atoms with van der Waals surface area (Å²) in [4.78, 5) is 27.7. The van der Waals surface area contributed by atoms with Crippen molar-refractivity contribution in [3.63, 3.8) is 0 Å². The Morgan fingerprint density at radius 1 is 0.968 bits per heavy atom. The summed E-state index contributed by atoms with van der Waals surface area (Å²) < 4.78 is 16.5. The van der Waals surface area contributed by atoms with E-state index in [1.165, 1.54) is 16.7 Å². The Morgan fingerprint density at radius 3 is 2.48 bits per heavy atom. The van der Waals surface area contributed by atoms with Crippen molar-refractivity contribution in [2.45, 2.75) is 13.0 Å². The van der Waals surface area contributed by atoms with Crippen molar-refractivity contribution in [3.8, 4) is 11.4 Å². The lowest BCUT2D eigenvalue weighted by Crippen LogP contribution is -2.37. The Hall–Kier alpha value is -4.07. The van der Waals surface area contributed by atoms with Gasteiger partial charge >= 0.3 is 0 Å². The molecule has 5 rings (SSSR count). The van der Waals surface area contributed by atoms with Gasteiger partial charge in [-0.2, -0.15) is 0 Å². The molecule has 0 saturated heterocycles. The van der Waals surface area contributed by atoms with Crippen LogP contribution in [0.5, 0.6) is 0 Å². The number of amides is 1. The molecule has 0 N–H and O–H groups in total. The number of hydrogen-bond acceptors (Lipinski definition) is 4. The van der Waals surface area contributed by atoms with Gasteiger partial charge in [0.1, 0.15) is 18.5 Å². The molecule has 8 heteroatoms. The van der Waals surface area contributed by atoms with Gasteiger partial charge in [-0.1, -0.05) is 12.1 Å². The van der Waals surface area contributed by atoms with Gasteiger partial charge in [-0.05, 0) is 53.9 Å². The maximum absolute atomic E-state index is 13.3. The second-order valence-electron chi connectivity index (χ2n) is 7.37. The minimum absolute atomic E-state index is 0.102. The highest BCUT2D eigenvalue weighted by Gasteiger charge is 2.25. The van der Waals surface area contributed by atoms with Crippen molar-refractivity contribution in [2.75, 3.05) is 6.54 Å². The molecule has 31 heavy (non-hydrogen) atoms. The summed E-state index contributed by atoms with van der Waals surface area (Å²) in [6.07, 6.45) is 5.45. The molecule has 1 aliphatic rings. The molecule has 0 atom stereocenters. The summed E-state index contributed by atoms with van der Waals surface area (Å²) in [5.41, 5.74) is 3.49. The zero-order valence-electron chi connectivity index (χ0n) is 16.5. The number of carbonyl (C=O) groups is 1. The number of halogens is 1. The average Bonchev–Trinajstić information content (AvgIpc) is 3.33. The minimum Gasteiger partial charge on any atom is -0.334 e. The molecule has 2 aromatic carbocycles. The Bertz CT molecular complexity index is 1310. The summed E-state index contributed by atoms with van der Waals surface area (Å²) >= 11 is 0. The normalized spacial score (nSPS) is 13.1. The predicted octanol–water partition coefficient (Wildman–Crippen LogP) is 2.76. The molecule has 4 aromatic rings. The van der Waals surface area contributed by atoms with E-state index in [1.54, 1.807) is 52.6 Å². The van der Waals surface area contributed by atoms with E-state index in [0.29, 0.717) is 36.4 Å². The molecule has 0 unspecified atom stereocenters. The number of aromatic nitrogens is 4. The van der Waals surface area contributed by atoms with Crippen molar-refractivity contribution in [2.24, 2.45) is 0 Å². The average molecular weight is 415 g/mol. The Kier molecular flexibility index (Phi) is 4.66. The van der Waals surface area contributed by atoms with Gasteiger partial charge < -0.3 is 4.90 Å². The van der Waals surface area contributed by atoms with E-state index in [4.69, 9.17) is 0 Å². The van der Waals surface area contributed by atoms with E-state index >= 15 is 0 Å². The lowest BCUT2D eigenvalue weighted by molar-refractivity contribution is 0.0734. The van der Waals surface area contributed by atoms with Gasteiger partial charge in [-0.3, -0.25) is 18.7 Å². The van der Waals surface area contributed by atoms with Crippen LogP contribution in [0.2, 0.25) is 0 Å². The second kappa shape index (κ2) is 7.64. The van der Waals surface area contributed by atoms with Gasteiger partial charge in [0.15, 0.2) is 0 Å². The lowest BCUT2D eigenvalue weighted by Gasteiger charge is -2.30. The van der Waals surface area contributed by atoms with E-state index in [1.807, 2.05) is 18.2 Å². The van der Waals surface area contributed by atoms with Crippen LogP contribution >= 0.6 is 0 Å². The molecule has 7 nitrogen and oxygen atoms in total. The van der Waals surface area contributed by atoms with E-state index in [-0.39, 0.29) is 17.3 Å². The summed E-state index contributed by atoms with van der Waals surface area (Å²) in [6, 6.07) is 14.7. The number of para-hydroxylation sites is 1. The highest BCUT2D eigenvalue weighted by molar-refractivity contribution is 5.97. The molecular weight excluding hydrogens is 397 g/mol.